The third kappa shape index (κ3) is 7.96. The average Bonchev–Trinajstić information content (AvgIpc) is 1.83. The number of hydrogen-bond donors (Lipinski definition) is 0. The molecule has 0 fully saturated rings. The molecule has 0 aliphatic carbocycles. The fourth-order valence-electron chi connectivity index (χ4n) is 0.551. The van der Waals surface area contributed by atoms with E-state index >= 15 is 0 Å². The van der Waals surface area contributed by atoms with E-state index in [4.69, 9.17) is 0 Å². The molecule has 2 heteroatoms. The van der Waals surface area contributed by atoms with Crippen LogP contribution in [0.5, 0.6) is 0 Å². The molecule has 0 aliphatic heterocycles. The number of halogens is 1. The van der Waals surface area contributed by atoms with E-state index in [-0.39, 0.29) is 12.4 Å². The minimum atomic E-state index is 0. The van der Waals surface area contributed by atoms with Gasteiger partial charge in [-0.25, -0.2) is 0 Å². The van der Waals surface area contributed by atoms with Gasteiger partial charge in [0.25, 0.3) is 0 Å². The van der Waals surface area contributed by atoms with Crippen LogP contribution in [0.2, 0.25) is 0 Å². The zero-order valence-corrected chi connectivity index (χ0v) is 6.96. The van der Waals surface area contributed by atoms with Gasteiger partial charge in [0.1, 0.15) is 5.78 Å². The summed E-state index contributed by atoms with van der Waals surface area (Å²) >= 11 is 0. The summed E-state index contributed by atoms with van der Waals surface area (Å²) in [7, 11) is 0. The fraction of sp³-hybridized carbons (Fsp3) is 0.857. The van der Waals surface area contributed by atoms with Crippen LogP contribution in [0.4, 0.5) is 0 Å². The molecular weight excluding hydrogens is 136 g/mol. The molecule has 0 N–H and O–H groups in total. The van der Waals surface area contributed by atoms with Crippen LogP contribution in [0.1, 0.15) is 39.5 Å². The third-order valence-corrected chi connectivity index (χ3v) is 1.20. The topological polar surface area (TPSA) is 17.1 Å². The molecular formula is C7H15ClO. The normalized spacial score (nSPS) is 8.22. The summed E-state index contributed by atoms with van der Waals surface area (Å²) in [5.74, 6) is 0.395. The zero-order chi connectivity index (χ0) is 6.41. The van der Waals surface area contributed by atoms with Gasteiger partial charge in [0.2, 0.25) is 0 Å². The number of carbonyl (C=O) groups excluding carboxylic acids is 1. The van der Waals surface area contributed by atoms with E-state index < -0.39 is 0 Å². The second-order valence-corrected chi connectivity index (χ2v) is 2.00. The van der Waals surface area contributed by atoms with Crippen LogP contribution < -0.4 is 0 Å². The van der Waals surface area contributed by atoms with Crippen LogP contribution in [0, 0.1) is 0 Å². The first-order valence-electron chi connectivity index (χ1n) is 3.33. The van der Waals surface area contributed by atoms with Gasteiger partial charge in [0.05, 0.1) is 0 Å². The Kier molecular flexibility index (Phi) is 10.4. The lowest BCUT2D eigenvalue weighted by atomic mass is 10.1. The molecule has 0 spiro atoms. The second kappa shape index (κ2) is 7.96. The van der Waals surface area contributed by atoms with E-state index in [0.29, 0.717) is 12.2 Å². The van der Waals surface area contributed by atoms with Crippen LogP contribution in [-0.4, -0.2) is 5.78 Å². The van der Waals surface area contributed by atoms with Gasteiger partial charge in [0.15, 0.2) is 0 Å². The van der Waals surface area contributed by atoms with Gasteiger partial charge in [-0.2, -0.15) is 0 Å². The molecule has 0 bridgehead atoms. The monoisotopic (exact) mass is 150 g/mol. The van der Waals surface area contributed by atoms with Crippen molar-refractivity contribution in [1.29, 1.82) is 0 Å². The summed E-state index contributed by atoms with van der Waals surface area (Å²) in [4.78, 5) is 10.6. The summed E-state index contributed by atoms with van der Waals surface area (Å²) in [6.45, 7) is 4.01. The Labute approximate surface area is 63.2 Å². The molecule has 0 atom stereocenters. The Bertz CT molecular complexity index is 71.3. The summed E-state index contributed by atoms with van der Waals surface area (Å²) in [6.07, 6.45) is 3.69. The summed E-state index contributed by atoms with van der Waals surface area (Å²) in [6, 6.07) is 0. The molecule has 56 valence electrons. The van der Waals surface area contributed by atoms with E-state index in [1.54, 1.807) is 0 Å². The van der Waals surface area contributed by atoms with E-state index in [0.717, 1.165) is 19.3 Å². The van der Waals surface area contributed by atoms with Gasteiger partial charge in [-0.3, -0.25) is 4.79 Å². The summed E-state index contributed by atoms with van der Waals surface area (Å²) in [5, 5.41) is 0. The van der Waals surface area contributed by atoms with E-state index in [1.165, 1.54) is 0 Å². The highest BCUT2D eigenvalue weighted by molar-refractivity contribution is 5.85. The van der Waals surface area contributed by atoms with Crippen molar-refractivity contribution in [3.63, 3.8) is 0 Å². The number of Topliss-reactive ketones (excluding diaryl/α,β-unsaturated/α-hetero) is 1. The van der Waals surface area contributed by atoms with Crippen molar-refractivity contribution in [1.82, 2.24) is 0 Å². The van der Waals surface area contributed by atoms with Crippen LogP contribution in [0.15, 0.2) is 0 Å². The number of rotatable bonds is 4. The van der Waals surface area contributed by atoms with E-state index in [9.17, 15) is 4.79 Å². The van der Waals surface area contributed by atoms with E-state index in [2.05, 4.69) is 6.92 Å². The highest BCUT2D eigenvalue weighted by Crippen LogP contribution is 1.96. The van der Waals surface area contributed by atoms with Crippen LogP contribution in [0.25, 0.3) is 0 Å². The highest BCUT2D eigenvalue weighted by Gasteiger charge is 1.93. The number of carbonyl (C=O) groups is 1. The van der Waals surface area contributed by atoms with Crippen molar-refractivity contribution in [2.75, 3.05) is 0 Å². The Morgan fingerprint density at radius 1 is 1.33 bits per heavy atom. The van der Waals surface area contributed by atoms with Gasteiger partial charge in [-0.15, -0.1) is 12.4 Å². The average molecular weight is 151 g/mol. The van der Waals surface area contributed by atoms with E-state index in [1.807, 2.05) is 6.92 Å². The third-order valence-electron chi connectivity index (χ3n) is 1.20. The molecule has 9 heavy (non-hydrogen) atoms. The molecule has 0 aromatic rings. The van der Waals surface area contributed by atoms with Crippen molar-refractivity contribution in [3.05, 3.63) is 0 Å². The molecule has 0 aromatic heterocycles. The number of ketones is 1. The lowest BCUT2D eigenvalue weighted by Gasteiger charge is -1.91. The Morgan fingerprint density at radius 3 is 2.22 bits per heavy atom. The molecule has 0 saturated heterocycles. The number of unbranched alkanes of at least 4 members (excludes halogenated alkanes) is 1. The van der Waals surface area contributed by atoms with Crippen LogP contribution in [0.3, 0.4) is 0 Å². The SMILES string of the molecule is CCCCC(=O)CC.Cl. The molecule has 0 rings (SSSR count). The molecule has 0 unspecified atom stereocenters. The highest BCUT2D eigenvalue weighted by atomic mass is 35.5. The first-order valence-corrected chi connectivity index (χ1v) is 3.33. The predicted molar refractivity (Wildman–Crippen MR) is 42.1 cm³/mol. The standard InChI is InChI=1S/C7H14O.ClH/c1-3-5-6-7(8)4-2;/h3-6H2,1-2H3;1H. The maximum absolute atomic E-state index is 10.6. The fourth-order valence-corrected chi connectivity index (χ4v) is 0.551. The van der Waals surface area contributed by atoms with Gasteiger partial charge < -0.3 is 0 Å². The predicted octanol–water partition coefficient (Wildman–Crippen LogP) is 2.58. The Hall–Kier alpha value is -0.0400. The lowest BCUT2D eigenvalue weighted by Crippen LogP contribution is -1.92. The summed E-state index contributed by atoms with van der Waals surface area (Å²) in [5.41, 5.74) is 0. The lowest BCUT2D eigenvalue weighted by molar-refractivity contribution is -0.118. The molecule has 0 amide bonds. The van der Waals surface area contributed by atoms with Crippen molar-refractivity contribution in [3.8, 4) is 0 Å². The van der Waals surface area contributed by atoms with Crippen molar-refractivity contribution >= 4 is 18.2 Å². The molecule has 0 radical (unpaired) electrons. The van der Waals surface area contributed by atoms with Gasteiger partial charge in [-0.1, -0.05) is 20.3 Å². The largest absolute Gasteiger partial charge is 0.300 e. The molecule has 0 aliphatic rings. The molecule has 0 aromatic carbocycles. The Morgan fingerprint density at radius 2 is 1.89 bits per heavy atom. The smallest absolute Gasteiger partial charge is 0.132 e. The van der Waals surface area contributed by atoms with Crippen molar-refractivity contribution in [2.45, 2.75) is 39.5 Å². The Balaban J connectivity index is 0. The number of hydrogen-bond acceptors (Lipinski definition) is 1. The van der Waals surface area contributed by atoms with Crippen molar-refractivity contribution < 1.29 is 4.79 Å². The second-order valence-electron chi connectivity index (χ2n) is 2.00. The first kappa shape index (κ1) is 11.7. The van der Waals surface area contributed by atoms with Crippen LogP contribution in [-0.2, 0) is 4.79 Å². The quantitative estimate of drug-likeness (QED) is 0.602. The zero-order valence-electron chi connectivity index (χ0n) is 6.14. The van der Waals surface area contributed by atoms with Crippen LogP contribution >= 0.6 is 12.4 Å². The summed E-state index contributed by atoms with van der Waals surface area (Å²) < 4.78 is 0. The van der Waals surface area contributed by atoms with Gasteiger partial charge >= 0.3 is 0 Å². The maximum Gasteiger partial charge on any atom is 0.132 e. The minimum absolute atomic E-state index is 0. The first-order chi connectivity index (χ1) is 3.81. The molecule has 1 nitrogen and oxygen atoms in total. The molecule has 0 heterocycles. The minimum Gasteiger partial charge on any atom is -0.300 e. The molecule has 0 saturated carbocycles. The van der Waals surface area contributed by atoms with Gasteiger partial charge in [-0.05, 0) is 6.42 Å². The van der Waals surface area contributed by atoms with Crippen molar-refractivity contribution in [2.24, 2.45) is 0 Å². The maximum atomic E-state index is 10.6. The van der Waals surface area contributed by atoms with Gasteiger partial charge in [0, 0.05) is 12.8 Å².